The molecule has 1 aromatic carbocycles. The van der Waals surface area contributed by atoms with Crippen LogP contribution in [0.1, 0.15) is 0 Å². The van der Waals surface area contributed by atoms with Crippen LogP contribution in [0, 0.1) is 0 Å². The van der Waals surface area contributed by atoms with Gasteiger partial charge in [-0.05, 0) is 18.2 Å². The minimum Gasteiger partial charge on any atom is -0.399 e. The van der Waals surface area contributed by atoms with Crippen molar-refractivity contribution in [1.82, 2.24) is 0 Å². The van der Waals surface area contributed by atoms with Gasteiger partial charge in [0, 0.05) is 5.69 Å². The summed E-state index contributed by atoms with van der Waals surface area (Å²) in [6.45, 7) is 0.804. The maximum Gasteiger partial charge on any atom is 0.0850 e. The topological polar surface area (TPSA) is 50.1 Å². The van der Waals surface area contributed by atoms with E-state index >= 15 is 0 Å². The molecule has 4 N–H and O–H groups in total. The van der Waals surface area contributed by atoms with Gasteiger partial charge < -0.3 is 16.4 Å². The number of hydrogen-bond donors (Lipinski definition) is 3. The fourth-order valence-corrected chi connectivity index (χ4v) is 1.10. The largest absolute Gasteiger partial charge is 0.399 e. The van der Waals surface area contributed by atoms with Gasteiger partial charge in [-0.25, -0.2) is 0 Å². The summed E-state index contributed by atoms with van der Waals surface area (Å²) in [4.78, 5) is 0. The van der Waals surface area contributed by atoms with Crippen LogP contribution in [0.25, 0.3) is 0 Å². The zero-order valence-corrected chi connectivity index (χ0v) is 5.52. The van der Waals surface area contributed by atoms with Gasteiger partial charge in [-0.2, -0.15) is 0 Å². The van der Waals surface area contributed by atoms with E-state index in [4.69, 9.17) is 5.73 Å². The smallest absolute Gasteiger partial charge is 0.0850 e. The number of hydrogen-bond acceptors (Lipinski definition) is 3. The maximum atomic E-state index is 5.56. The van der Waals surface area contributed by atoms with Crippen molar-refractivity contribution in [2.24, 2.45) is 0 Å². The number of fused-ring (bicyclic) bond motifs is 1. The lowest BCUT2D eigenvalue weighted by Crippen LogP contribution is -1.98. The first-order chi connectivity index (χ1) is 4.86. The van der Waals surface area contributed by atoms with Gasteiger partial charge in [0.05, 0.1) is 18.0 Å². The fraction of sp³-hybridized carbons (Fsp3) is 0.143. The van der Waals surface area contributed by atoms with E-state index in [1.807, 2.05) is 18.2 Å². The van der Waals surface area contributed by atoms with Crippen molar-refractivity contribution in [3.63, 3.8) is 0 Å². The van der Waals surface area contributed by atoms with Crippen LogP contribution in [0.3, 0.4) is 0 Å². The summed E-state index contributed by atoms with van der Waals surface area (Å²) in [6, 6.07) is 5.79. The average Bonchev–Trinajstić information content (AvgIpc) is 2.33. The van der Waals surface area contributed by atoms with Crippen molar-refractivity contribution >= 4 is 17.1 Å². The Morgan fingerprint density at radius 1 is 1.20 bits per heavy atom. The molecule has 1 aliphatic heterocycles. The van der Waals surface area contributed by atoms with Crippen LogP contribution in [-0.4, -0.2) is 6.67 Å². The third kappa shape index (κ3) is 0.673. The molecule has 0 radical (unpaired) electrons. The summed E-state index contributed by atoms with van der Waals surface area (Å²) in [5.41, 5.74) is 8.59. The normalized spacial score (nSPS) is 13.6. The van der Waals surface area contributed by atoms with E-state index in [1.165, 1.54) is 0 Å². The summed E-state index contributed by atoms with van der Waals surface area (Å²) >= 11 is 0. The molecule has 0 amide bonds. The fourth-order valence-electron chi connectivity index (χ4n) is 1.10. The molecule has 0 saturated carbocycles. The molecule has 3 heteroatoms. The third-order valence-electron chi connectivity index (χ3n) is 1.60. The molecule has 0 bridgehead atoms. The molecule has 0 aromatic heterocycles. The highest BCUT2D eigenvalue weighted by Gasteiger charge is 2.06. The molecule has 0 atom stereocenters. The summed E-state index contributed by atoms with van der Waals surface area (Å²) in [6.07, 6.45) is 0. The number of rotatable bonds is 0. The molecule has 52 valence electrons. The van der Waals surface area contributed by atoms with E-state index < -0.39 is 0 Å². The zero-order chi connectivity index (χ0) is 6.97. The van der Waals surface area contributed by atoms with Crippen molar-refractivity contribution in [3.8, 4) is 0 Å². The number of nitrogens with one attached hydrogen (secondary N) is 2. The summed E-state index contributed by atoms with van der Waals surface area (Å²) in [7, 11) is 0. The predicted molar refractivity (Wildman–Crippen MR) is 43.0 cm³/mol. The molecule has 0 saturated heterocycles. The molecule has 1 heterocycles. The lowest BCUT2D eigenvalue weighted by molar-refractivity contribution is 1.31. The Hall–Kier alpha value is -1.38. The van der Waals surface area contributed by atoms with Gasteiger partial charge in [0.2, 0.25) is 0 Å². The molecule has 0 spiro atoms. The van der Waals surface area contributed by atoms with Gasteiger partial charge in [0.1, 0.15) is 0 Å². The second-order valence-corrected chi connectivity index (χ2v) is 2.34. The van der Waals surface area contributed by atoms with E-state index in [2.05, 4.69) is 10.6 Å². The minimum atomic E-state index is 0.801. The van der Waals surface area contributed by atoms with Crippen LogP contribution in [0.5, 0.6) is 0 Å². The number of benzene rings is 1. The molecule has 2 rings (SSSR count). The Kier molecular flexibility index (Phi) is 0.974. The molecule has 0 fully saturated rings. The minimum absolute atomic E-state index is 0.801. The highest BCUT2D eigenvalue weighted by Crippen LogP contribution is 2.27. The maximum absolute atomic E-state index is 5.56. The van der Waals surface area contributed by atoms with Gasteiger partial charge in [-0.3, -0.25) is 0 Å². The highest BCUT2D eigenvalue weighted by molar-refractivity contribution is 5.76. The Morgan fingerprint density at radius 3 is 2.90 bits per heavy atom. The summed E-state index contributed by atoms with van der Waals surface area (Å²) in [5.74, 6) is 0. The second kappa shape index (κ2) is 1.80. The van der Waals surface area contributed by atoms with Crippen LogP contribution in [0.4, 0.5) is 17.1 Å². The number of nitrogen functional groups attached to an aromatic ring is 1. The quantitative estimate of drug-likeness (QED) is 0.466. The Labute approximate surface area is 59.2 Å². The highest BCUT2D eigenvalue weighted by atomic mass is 15.1. The first-order valence-corrected chi connectivity index (χ1v) is 3.23. The van der Waals surface area contributed by atoms with Gasteiger partial charge in [-0.15, -0.1) is 0 Å². The Bertz CT molecular complexity index is 257. The standard InChI is InChI=1S/C7H9N3/c8-5-1-2-6-7(3-5)10-4-9-6/h1-3,9-10H,4,8H2. The van der Waals surface area contributed by atoms with Crippen molar-refractivity contribution in [2.75, 3.05) is 23.0 Å². The second-order valence-electron chi connectivity index (χ2n) is 2.34. The van der Waals surface area contributed by atoms with Crippen LogP contribution in [-0.2, 0) is 0 Å². The molecular formula is C7H9N3. The van der Waals surface area contributed by atoms with Crippen LogP contribution < -0.4 is 16.4 Å². The molecule has 10 heavy (non-hydrogen) atoms. The Morgan fingerprint density at radius 2 is 2.00 bits per heavy atom. The summed E-state index contributed by atoms with van der Waals surface area (Å²) in [5, 5.41) is 6.31. The first kappa shape index (κ1) is 5.41. The monoisotopic (exact) mass is 135 g/mol. The van der Waals surface area contributed by atoms with Gasteiger partial charge in [-0.1, -0.05) is 0 Å². The van der Waals surface area contributed by atoms with E-state index in [1.54, 1.807) is 0 Å². The van der Waals surface area contributed by atoms with E-state index in [0.29, 0.717) is 0 Å². The SMILES string of the molecule is Nc1ccc2c(c1)NCN2. The van der Waals surface area contributed by atoms with Crippen LogP contribution >= 0.6 is 0 Å². The predicted octanol–water partition coefficient (Wildman–Crippen LogP) is 1.06. The van der Waals surface area contributed by atoms with Gasteiger partial charge in [0.15, 0.2) is 0 Å². The average molecular weight is 135 g/mol. The van der Waals surface area contributed by atoms with E-state index in [-0.39, 0.29) is 0 Å². The number of anilines is 3. The van der Waals surface area contributed by atoms with E-state index in [9.17, 15) is 0 Å². The lowest BCUT2D eigenvalue weighted by atomic mass is 10.2. The first-order valence-electron chi connectivity index (χ1n) is 3.23. The zero-order valence-electron chi connectivity index (χ0n) is 5.52. The van der Waals surface area contributed by atoms with Gasteiger partial charge in [0.25, 0.3) is 0 Å². The van der Waals surface area contributed by atoms with E-state index in [0.717, 1.165) is 23.7 Å². The number of nitrogens with two attached hydrogens (primary N) is 1. The molecule has 0 aliphatic carbocycles. The third-order valence-corrected chi connectivity index (χ3v) is 1.60. The van der Waals surface area contributed by atoms with Crippen molar-refractivity contribution in [1.29, 1.82) is 0 Å². The van der Waals surface area contributed by atoms with Crippen molar-refractivity contribution in [3.05, 3.63) is 18.2 Å². The van der Waals surface area contributed by atoms with Gasteiger partial charge >= 0.3 is 0 Å². The molecule has 1 aromatic rings. The molecule has 3 nitrogen and oxygen atoms in total. The van der Waals surface area contributed by atoms with Crippen molar-refractivity contribution in [2.45, 2.75) is 0 Å². The summed E-state index contributed by atoms with van der Waals surface area (Å²) < 4.78 is 0. The molecular weight excluding hydrogens is 126 g/mol. The van der Waals surface area contributed by atoms with Crippen LogP contribution in [0.2, 0.25) is 0 Å². The van der Waals surface area contributed by atoms with Crippen molar-refractivity contribution < 1.29 is 0 Å². The molecule has 0 unspecified atom stereocenters. The Balaban J connectivity index is 2.52. The lowest BCUT2D eigenvalue weighted by Gasteiger charge is -1.97. The molecule has 1 aliphatic rings. The van der Waals surface area contributed by atoms with Crippen LogP contribution in [0.15, 0.2) is 18.2 Å².